The van der Waals surface area contributed by atoms with Crippen LogP contribution in [0.25, 0.3) is 22.0 Å². The number of hydrogen-bond donors (Lipinski definition) is 0. The van der Waals surface area contributed by atoms with Crippen LogP contribution in [0, 0.1) is 0 Å². The lowest BCUT2D eigenvalue weighted by atomic mass is 10.1. The van der Waals surface area contributed by atoms with E-state index in [1.807, 2.05) is 29.7 Å². The highest BCUT2D eigenvalue weighted by Gasteiger charge is 2.38. The van der Waals surface area contributed by atoms with E-state index in [0.29, 0.717) is 18.7 Å². The summed E-state index contributed by atoms with van der Waals surface area (Å²) in [6.45, 7) is 3.11. The maximum absolute atomic E-state index is 13.7. The van der Waals surface area contributed by atoms with Crippen molar-refractivity contribution in [1.29, 1.82) is 0 Å². The van der Waals surface area contributed by atoms with E-state index in [9.17, 15) is 13.2 Å². The summed E-state index contributed by atoms with van der Waals surface area (Å²) in [6.07, 6.45) is 2.83. The van der Waals surface area contributed by atoms with Gasteiger partial charge in [0.25, 0.3) is 0 Å². The van der Waals surface area contributed by atoms with Crippen molar-refractivity contribution in [1.82, 2.24) is 14.3 Å². The summed E-state index contributed by atoms with van der Waals surface area (Å²) in [7, 11) is 0.225. The van der Waals surface area contributed by atoms with Gasteiger partial charge in [-0.25, -0.2) is 4.68 Å². The molecule has 0 spiro atoms. The molecule has 28 heavy (non-hydrogen) atoms. The van der Waals surface area contributed by atoms with Gasteiger partial charge in [0.15, 0.2) is 5.69 Å². The van der Waals surface area contributed by atoms with E-state index in [-0.39, 0.29) is 23.2 Å². The standard InChI is InChI=1S/C19H22BrF3N3OS/c1-4-25-10-15(14-9-13(20)5-6-17(14)25)16-11-26(12-27-7-8-28(2)3)24-18(16)19(21,22)23/h5-6,9-11H,4,7-8,12H2,1-3H3/q+1. The van der Waals surface area contributed by atoms with Crippen molar-refractivity contribution >= 4 is 37.7 Å². The zero-order chi connectivity index (χ0) is 20.5. The number of ether oxygens (including phenoxy) is 1. The van der Waals surface area contributed by atoms with E-state index in [1.165, 1.54) is 10.9 Å². The number of halogens is 4. The Bertz CT molecular complexity index is 965. The van der Waals surface area contributed by atoms with Crippen LogP contribution in [0.15, 0.2) is 35.1 Å². The van der Waals surface area contributed by atoms with Crippen LogP contribution in [0.4, 0.5) is 13.2 Å². The molecule has 3 rings (SSSR count). The Morgan fingerprint density at radius 1 is 1.18 bits per heavy atom. The van der Waals surface area contributed by atoms with E-state index in [1.54, 1.807) is 6.20 Å². The molecule has 0 aliphatic heterocycles. The number of rotatable bonds is 7. The van der Waals surface area contributed by atoms with E-state index in [2.05, 4.69) is 33.5 Å². The summed E-state index contributed by atoms with van der Waals surface area (Å²) >= 11 is 3.42. The number of fused-ring (bicyclic) bond motifs is 1. The molecule has 152 valence electrons. The molecule has 0 bridgehead atoms. The minimum atomic E-state index is -4.55. The average Bonchev–Trinajstić information content (AvgIpc) is 3.19. The van der Waals surface area contributed by atoms with Crippen LogP contribution >= 0.6 is 15.9 Å². The number of alkyl halides is 3. The maximum Gasteiger partial charge on any atom is 0.435 e. The third-order valence-electron chi connectivity index (χ3n) is 4.36. The van der Waals surface area contributed by atoms with Gasteiger partial charge in [-0.05, 0) is 36.0 Å². The van der Waals surface area contributed by atoms with Crippen LogP contribution in [0.1, 0.15) is 12.6 Å². The van der Waals surface area contributed by atoms with Crippen molar-refractivity contribution in [3.63, 3.8) is 0 Å². The number of nitrogens with zero attached hydrogens (tertiary/aromatic N) is 3. The van der Waals surface area contributed by atoms with Gasteiger partial charge in [-0.3, -0.25) is 0 Å². The topological polar surface area (TPSA) is 32.0 Å². The Kier molecular flexibility index (Phi) is 6.46. The first-order valence-corrected chi connectivity index (χ1v) is 11.8. The van der Waals surface area contributed by atoms with E-state index in [4.69, 9.17) is 4.74 Å². The molecule has 0 saturated heterocycles. The number of benzene rings is 1. The lowest BCUT2D eigenvalue weighted by Gasteiger charge is -2.05. The van der Waals surface area contributed by atoms with Gasteiger partial charge in [-0.15, -0.1) is 0 Å². The van der Waals surface area contributed by atoms with Crippen LogP contribution in [0.3, 0.4) is 0 Å². The molecule has 0 radical (unpaired) electrons. The van der Waals surface area contributed by atoms with Crippen molar-refractivity contribution in [3.8, 4) is 11.1 Å². The third-order valence-corrected chi connectivity index (χ3v) is 5.84. The highest BCUT2D eigenvalue weighted by molar-refractivity contribution is 9.10. The summed E-state index contributed by atoms with van der Waals surface area (Å²) in [5.74, 6) is 0.873. The molecular formula is C19H22BrF3N3OS+. The fourth-order valence-corrected chi connectivity index (χ4v) is 3.84. The summed E-state index contributed by atoms with van der Waals surface area (Å²) in [5, 5.41) is 4.54. The predicted molar refractivity (Wildman–Crippen MR) is 112 cm³/mol. The zero-order valence-corrected chi connectivity index (χ0v) is 18.3. The SMILES string of the molecule is CCn1cc(-c2cn(COCC[S+](C)C)nc2C(F)(F)F)c2cc(Br)ccc21. The normalized spacial score (nSPS) is 12.4. The average molecular weight is 477 g/mol. The molecule has 3 aromatic rings. The van der Waals surface area contributed by atoms with Crippen LogP contribution in [-0.2, 0) is 35.1 Å². The molecule has 0 unspecified atom stereocenters. The molecule has 2 aromatic heterocycles. The van der Waals surface area contributed by atoms with Crippen molar-refractivity contribution in [2.24, 2.45) is 0 Å². The number of aromatic nitrogens is 3. The van der Waals surface area contributed by atoms with Crippen molar-refractivity contribution in [3.05, 3.63) is 40.8 Å². The molecule has 0 amide bonds. The first-order chi connectivity index (χ1) is 13.2. The molecule has 0 aliphatic rings. The van der Waals surface area contributed by atoms with Gasteiger partial charge in [-0.1, -0.05) is 15.9 Å². The second-order valence-corrected chi connectivity index (χ2v) is 9.94. The lowest BCUT2D eigenvalue weighted by Crippen LogP contribution is -2.13. The maximum atomic E-state index is 13.7. The quantitative estimate of drug-likeness (QED) is 0.348. The molecule has 0 saturated carbocycles. The zero-order valence-electron chi connectivity index (χ0n) is 15.9. The van der Waals surface area contributed by atoms with E-state index in [0.717, 1.165) is 21.1 Å². The highest BCUT2D eigenvalue weighted by Crippen LogP contribution is 2.40. The van der Waals surface area contributed by atoms with Gasteiger partial charge < -0.3 is 9.30 Å². The lowest BCUT2D eigenvalue weighted by molar-refractivity contribution is -0.141. The van der Waals surface area contributed by atoms with Crippen molar-refractivity contribution in [2.75, 3.05) is 24.9 Å². The van der Waals surface area contributed by atoms with Gasteiger partial charge >= 0.3 is 6.18 Å². The van der Waals surface area contributed by atoms with Crippen LogP contribution in [-0.4, -0.2) is 39.2 Å². The highest BCUT2D eigenvalue weighted by atomic mass is 79.9. The van der Waals surface area contributed by atoms with Gasteiger partial charge in [0.2, 0.25) is 0 Å². The van der Waals surface area contributed by atoms with Crippen LogP contribution < -0.4 is 0 Å². The Balaban J connectivity index is 2.03. The summed E-state index contributed by atoms with van der Waals surface area (Å²) in [4.78, 5) is 0. The molecule has 4 nitrogen and oxygen atoms in total. The van der Waals surface area contributed by atoms with Gasteiger partial charge in [0, 0.05) is 45.4 Å². The summed E-state index contributed by atoms with van der Waals surface area (Å²) in [6, 6.07) is 5.63. The largest absolute Gasteiger partial charge is 0.435 e. The minimum Gasteiger partial charge on any atom is -0.354 e. The summed E-state index contributed by atoms with van der Waals surface area (Å²) in [5.41, 5.74) is 0.574. The molecular weight excluding hydrogens is 455 g/mol. The third kappa shape index (κ3) is 4.58. The van der Waals surface area contributed by atoms with Crippen LogP contribution in [0.5, 0.6) is 0 Å². The van der Waals surface area contributed by atoms with E-state index >= 15 is 0 Å². The van der Waals surface area contributed by atoms with Crippen molar-refractivity contribution < 1.29 is 17.9 Å². The number of aryl methyl sites for hydroxylation is 1. The first kappa shape index (κ1) is 21.3. The minimum absolute atomic E-state index is 0.00358. The molecule has 0 N–H and O–H groups in total. The Labute approximate surface area is 173 Å². The van der Waals surface area contributed by atoms with Crippen LogP contribution in [0.2, 0.25) is 0 Å². The fraction of sp³-hybridized carbons (Fsp3) is 0.421. The first-order valence-electron chi connectivity index (χ1n) is 8.76. The Morgan fingerprint density at radius 2 is 1.93 bits per heavy atom. The monoisotopic (exact) mass is 476 g/mol. The van der Waals surface area contributed by atoms with Gasteiger partial charge in [0.1, 0.15) is 12.5 Å². The molecule has 1 aromatic carbocycles. The van der Waals surface area contributed by atoms with Gasteiger partial charge in [0.05, 0.1) is 19.1 Å². The molecule has 0 atom stereocenters. The second-order valence-electron chi connectivity index (χ2n) is 6.65. The smallest absolute Gasteiger partial charge is 0.354 e. The molecule has 0 fully saturated rings. The Hall–Kier alpha value is -1.45. The number of hydrogen-bond acceptors (Lipinski definition) is 2. The van der Waals surface area contributed by atoms with Gasteiger partial charge in [-0.2, -0.15) is 18.3 Å². The summed E-state index contributed by atoms with van der Waals surface area (Å²) < 4.78 is 50.5. The Morgan fingerprint density at radius 3 is 2.57 bits per heavy atom. The fourth-order valence-electron chi connectivity index (χ4n) is 3.02. The van der Waals surface area contributed by atoms with Crippen molar-refractivity contribution in [2.45, 2.75) is 26.4 Å². The molecule has 9 heteroatoms. The predicted octanol–water partition coefficient (Wildman–Crippen LogP) is 5.16. The second kappa shape index (κ2) is 8.51. The molecule has 2 heterocycles. The molecule has 0 aliphatic carbocycles. The van der Waals surface area contributed by atoms with E-state index < -0.39 is 11.9 Å².